The number of amides is 2. The largest absolute Gasteiger partial charge is 0.344 e. The molecule has 0 heterocycles. The number of benzene rings is 1. The Bertz CT molecular complexity index is 490. The Kier molecular flexibility index (Phi) is 5.37. The molecular formula is C17H24N2O2. The quantitative estimate of drug-likeness (QED) is 0.875. The normalized spacial score (nSPS) is 16.5. The Morgan fingerprint density at radius 2 is 1.81 bits per heavy atom. The van der Waals surface area contributed by atoms with E-state index in [9.17, 15) is 9.59 Å². The molecule has 114 valence electrons. The van der Waals surface area contributed by atoms with E-state index >= 15 is 0 Å². The predicted octanol–water partition coefficient (Wildman–Crippen LogP) is 2.88. The Morgan fingerprint density at radius 1 is 1.19 bits per heavy atom. The number of hydrogen-bond acceptors (Lipinski definition) is 2. The van der Waals surface area contributed by atoms with Crippen molar-refractivity contribution in [2.45, 2.75) is 52.0 Å². The number of aryl methyl sites for hydroxylation is 1. The first-order chi connectivity index (χ1) is 10.1. The van der Waals surface area contributed by atoms with Gasteiger partial charge in [0.05, 0.1) is 0 Å². The topological polar surface area (TPSA) is 58.2 Å². The van der Waals surface area contributed by atoms with Gasteiger partial charge in [-0.2, -0.15) is 0 Å². The van der Waals surface area contributed by atoms with Crippen LogP contribution in [-0.4, -0.2) is 17.9 Å². The zero-order valence-electron chi connectivity index (χ0n) is 12.8. The molecule has 2 amide bonds. The summed E-state index contributed by atoms with van der Waals surface area (Å²) in [6.45, 7) is 3.56. The number of anilines is 1. The van der Waals surface area contributed by atoms with Crippen LogP contribution in [0.5, 0.6) is 0 Å². The van der Waals surface area contributed by atoms with Gasteiger partial charge in [-0.1, -0.05) is 31.9 Å². The van der Waals surface area contributed by atoms with Crippen molar-refractivity contribution in [3.05, 3.63) is 29.8 Å². The van der Waals surface area contributed by atoms with E-state index in [1.807, 2.05) is 24.3 Å². The Balaban J connectivity index is 2.04. The minimum Gasteiger partial charge on any atom is -0.344 e. The van der Waals surface area contributed by atoms with Crippen molar-refractivity contribution in [2.24, 2.45) is 5.92 Å². The maximum absolute atomic E-state index is 12.5. The molecule has 1 aromatic carbocycles. The van der Waals surface area contributed by atoms with Crippen molar-refractivity contribution in [3.8, 4) is 0 Å². The van der Waals surface area contributed by atoms with Gasteiger partial charge in [-0.05, 0) is 42.9 Å². The number of rotatable bonds is 5. The highest BCUT2D eigenvalue weighted by Gasteiger charge is 2.31. The van der Waals surface area contributed by atoms with E-state index < -0.39 is 6.04 Å². The van der Waals surface area contributed by atoms with Crippen molar-refractivity contribution in [2.75, 3.05) is 5.32 Å². The third-order valence-electron chi connectivity index (χ3n) is 4.14. The van der Waals surface area contributed by atoms with Gasteiger partial charge in [-0.3, -0.25) is 9.59 Å². The van der Waals surface area contributed by atoms with Gasteiger partial charge in [-0.25, -0.2) is 0 Å². The molecule has 1 aliphatic rings. The molecule has 0 radical (unpaired) electrons. The van der Waals surface area contributed by atoms with Crippen LogP contribution >= 0.6 is 0 Å². The van der Waals surface area contributed by atoms with E-state index in [-0.39, 0.29) is 17.7 Å². The summed E-state index contributed by atoms with van der Waals surface area (Å²) in [4.78, 5) is 23.8. The second-order valence-electron chi connectivity index (χ2n) is 5.76. The fourth-order valence-corrected chi connectivity index (χ4v) is 2.95. The first-order valence-corrected chi connectivity index (χ1v) is 7.77. The summed E-state index contributed by atoms with van der Waals surface area (Å²) in [5.41, 5.74) is 2.02. The smallest absolute Gasteiger partial charge is 0.247 e. The molecule has 2 N–H and O–H groups in total. The van der Waals surface area contributed by atoms with Crippen LogP contribution in [0, 0.1) is 5.92 Å². The average Bonchev–Trinajstić information content (AvgIpc) is 2.99. The second kappa shape index (κ2) is 7.25. The molecule has 1 aliphatic carbocycles. The van der Waals surface area contributed by atoms with Crippen LogP contribution < -0.4 is 10.6 Å². The molecule has 1 unspecified atom stereocenters. The number of carbonyl (C=O) groups excluding carboxylic acids is 2. The van der Waals surface area contributed by atoms with E-state index in [2.05, 4.69) is 17.6 Å². The van der Waals surface area contributed by atoms with E-state index in [0.717, 1.165) is 37.8 Å². The molecule has 0 aromatic heterocycles. The Hall–Kier alpha value is -1.84. The molecule has 1 atom stereocenters. The molecule has 4 heteroatoms. The monoisotopic (exact) mass is 288 g/mol. The van der Waals surface area contributed by atoms with Gasteiger partial charge >= 0.3 is 0 Å². The first-order valence-electron chi connectivity index (χ1n) is 7.77. The lowest BCUT2D eigenvalue weighted by atomic mass is 9.97. The summed E-state index contributed by atoms with van der Waals surface area (Å²) in [5, 5.41) is 5.74. The lowest BCUT2D eigenvalue weighted by molar-refractivity contribution is -0.126. The molecule has 21 heavy (non-hydrogen) atoms. The van der Waals surface area contributed by atoms with Gasteiger partial charge in [0.2, 0.25) is 11.8 Å². The summed E-state index contributed by atoms with van der Waals surface area (Å²) in [7, 11) is 0. The van der Waals surface area contributed by atoms with Crippen LogP contribution in [0.15, 0.2) is 24.3 Å². The maximum atomic E-state index is 12.5. The fourth-order valence-electron chi connectivity index (χ4n) is 2.95. The summed E-state index contributed by atoms with van der Waals surface area (Å²) >= 11 is 0. The van der Waals surface area contributed by atoms with Crippen molar-refractivity contribution in [1.82, 2.24) is 5.32 Å². The van der Waals surface area contributed by atoms with E-state index in [1.54, 1.807) is 0 Å². The van der Waals surface area contributed by atoms with Gasteiger partial charge in [0, 0.05) is 12.6 Å². The molecule has 1 saturated carbocycles. The number of nitrogens with one attached hydrogen (secondary N) is 2. The highest BCUT2D eigenvalue weighted by atomic mass is 16.2. The summed E-state index contributed by atoms with van der Waals surface area (Å²) < 4.78 is 0. The molecule has 2 rings (SSSR count). The highest BCUT2D eigenvalue weighted by molar-refractivity contribution is 5.97. The van der Waals surface area contributed by atoms with Gasteiger partial charge in [0.1, 0.15) is 6.04 Å². The molecule has 0 saturated heterocycles. The van der Waals surface area contributed by atoms with E-state index in [0.29, 0.717) is 0 Å². The lowest BCUT2D eigenvalue weighted by Gasteiger charge is -2.23. The van der Waals surface area contributed by atoms with Gasteiger partial charge in [0.25, 0.3) is 0 Å². The molecule has 1 fully saturated rings. The van der Waals surface area contributed by atoms with Crippen molar-refractivity contribution in [1.29, 1.82) is 0 Å². The number of hydrogen-bond donors (Lipinski definition) is 2. The van der Waals surface area contributed by atoms with Gasteiger partial charge in [-0.15, -0.1) is 0 Å². The van der Waals surface area contributed by atoms with Gasteiger partial charge < -0.3 is 10.6 Å². The second-order valence-corrected chi connectivity index (χ2v) is 5.76. The molecule has 0 bridgehead atoms. The van der Waals surface area contributed by atoms with Crippen LogP contribution in [-0.2, 0) is 16.0 Å². The lowest BCUT2D eigenvalue weighted by Crippen LogP contribution is -2.47. The van der Waals surface area contributed by atoms with Crippen molar-refractivity contribution < 1.29 is 9.59 Å². The van der Waals surface area contributed by atoms with Crippen LogP contribution in [0.1, 0.15) is 45.1 Å². The third-order valence-corrected chi connectivity index (χ3v) is 4.14. The van der Waals surface area contributed by atoms with Crippen molar-refractivity contribution in [3.63, 3.8) is 0 Å². The first kappa shape index (κ1) is 15.5. The summed E-state index contributed by atoms with van der Waals surface area (Å²) in [5.74, 6) is -0.00598. The molecule has 0 spiro atoms. The molecule has 4 nitrogen and oxygen atoms in total. The maximum Gasteiger partial charge on any atom is 0.247 e. The van der Waals surface area contributed by atoms with Crippen LogP contribution in [0.25, 0.3) is 0 Å². The van der Waals surface area contributed by atoms with E-state index in [1.165, 1.54) is 12.5 Å². The van der Waals surface area contributed by atoms with Crippen LogP contribution in [0.3, 0.4) is 0 Å². The summed E-state index contributed by atoms with van der Waals surface area (Å²) in [6, 6.07) is 7.43. The number of carbonyl (C=O) groups is 2. The predicted molar refractivity (Wildman–Crippen MR) is 84.0 cm³/mol. The molecule has 1 aromatic rings. The Morgan fingerprint density at radius 3 is 2.33 bits per heavy atom. The zero-order valence-corrected chi connectivity index (χ0v) is 12.8. The Labute approximate surface area is 126 Å². The third kappa shape index (κ3) is 4.31. The van der Waals surface area contributed by atoms with Crippen molar-refractivity contribution >= 4 is 17.5 Å². The van der Waals surface area contributed by atoms with Crippen LogP contribution in [0.4, 0.5) is 5.69 Å². The fraction of sp³-hybridized carbons (Fsp3) is 0.529. The van der Waals surface area contributed by atoms with Crippen LogP contribution in [0.2, 0.25) is 0 Å². The SMILES string of the molecule is CCc1ccc(NC(=O)C(NC(C)=O)C2CCCC2)cc1. The average molecular weight is 288 g/mol. The minimum absolute atomic E-state index is 0.110. The zero-order chi connectivity index (χ0) is 15.2. The summed E-state index contributed by atoms with van der Waals surface area (Å²) in [6.07, 6.45) is 5.27. The molecule has 0 aliphatic heterocycles. The van der Waals surface area contributed by atoms with Gasteiger partial charge in [0.15, 0.2) is 0 Å². The highest BCUT2D eigenvalue weighted by Crippen LogP contribution is 2.28. The van der Waals surface area contributed by atoms with E-state index in [4.69, 9.17) is 0 Å². The standard InChI is InChI=1S/C17H24N2O2/c1-3-13-8-10-15(11-9-13)19-17(21)16(18-12(2)20)14-6-4-5-7-14/h8-11,14,16H,3-7H2,1-2H3,(H,18,20)(H,19,21). The minimum atomic E-state index is -0.421. The molecular weight excluding hydrogens is 264 g/mol.